The van der Waals surface area contributed by atoms with E-state index < -0.39 is 16.1 Å². The van der Waals surface area contributed by atoms with E-state index in [9.17, 15) is 18.0 Å². The van der Waals surface area contributed by atoms with Gasteiger partial charge in [0.25, 0.3) is 15.9 Å². The number of nitrogens with zero attached hydrogens (tertiary/aromatic N) is 3. The second kappa shape index (κ2) is 14.3. The van der Waals surface area contributed by atoms with E-state index in [0.717, 1.165) is 22.3 Å². The molecule has 1 fully saturated rings. The minimum atomic E-state index is -4.18. The first-order chi connectivity index (χ1) is 23.5. The molecule has 0 radical (unpaired) electrons. The highest BCUT2D eigenvalue weighted by Gasteiger charge is 2.42. The van der Waals surface area contributed by atoms with E-state index >= 15 is 0 Å². The number of ether oxygens (including phenoxy) is 2. The van der Waals surface area contributed by atoms with Crippen molar-refractivity contribution in [1.29, 1.82) is 0 Å². The van der Waals surface area contributed by atoms with Crippen LogP contribution in [0.5, 0.6) is 5.88 Å². The molecule has 2 heterocycles. The van der Waals surface area contributed by atoms with Crippen molar-refractivity contribution in [2.24, 2.45) is 5.92 Å². The van der Waals surface area contributed by atoms with Crippen molar-refractivity contribution in [3.8, 4) is 17.1 Å². The monoisotopic (exact) mass is 683 g/mol. The molecular formula is C37H41N5O6S. The summed E-state index contributed by atoms with van der Waals surface area (Å²) in [5.41, 5.74) is 4.48. The lowest BCUT2D eigenvalue weighted by molar-refractivity contribution is -0.0272. The molecule has 1 atom stereocenters. The number of amides is 2. The van der Waals surface area contributed by atoms with Crippen LogP contribution in [0.4, 0.5) is 10.7 Å². The van der Waals surface area contributed by atoms with Gasteiger partial charge in [0, 0.05) is 42.6 Å². The zero-order valence-corrected chi connectivity index (χ0v) is 28.9. The second-order valence-electron chi connectivity index (χ2n) is 13.1. The molecule has 1 saturated carbocycles. The molecule has 2 N–H and O–H groups in total. The fourth-order valence-electron chi connectivity index (χ4n) is 6.46. The van der Waals surface area contributed by atoms with Crippen LogP contribution in [0.1, 0.15) is 60.2 Å². The summed E-state index contributed by atoms with van der Waals surface area (Å²) in [6.45, 7) is 8.54. The standard InChI is InChI=1S/C37H41N5O6S/c1-23(2)16-29-22-47-33-20-32(34-24(3)10-8-11-25(34)4)39-36(40-33)41-49(45,46)31-15-9-14-27(17-31)35(43)42(29)28-18-30(19-28)48-37(44)38-21-26-12-6-5-7-13-26/h5-15,17,20,23,28-30H,16,18-19,21-22H2,1-4H3,(H,38,44)(H,39,40,41)/t28-,29-,30+/m1/s1. The average molecular weight is 684 g/mol. The van der Waals surface area contributed by atoms with Gasteiger partial charge in [-0.25, -0.2) is 22.9 Å². The minimum Gasteiger partial charge on any atom is -0.475 e. The molecule has 11 nitrogen and oxygen atoms in total. The Balaban J connectivity index is 1.31. The van der Waals surface area contributed by atoms with Gasteiger partial charge >= 0.3 is 6.09 Å². The van der Waals surface area contributed by atoms with Gasteiger partial charge in [-0.15, -0.1) is 0 Å². The van der Waals surface area contributed by atoms with Gasteiger partial charge in [0.05, 0.1) is 16.6 Å². The van der Waals surface area contributed by atoms with E-state index in [4.69, 9.17) is 9.47 Å². The van der Waals surface area contributed by atoms with E-state index in [1.807, 2.05) is 62.4 Å². The van der Waals surface area contributed by atoms with E-state index in [1.165, 1.54) is 12.1 Å². The maximum Gasteiger partial charge on any atom is 0.407 e. The summed E-state index contributed by atoms with van der Waals surface area (Å²) < 4.78 is 41.8. The van der Waals surface area contributed by atoms with Crippen LogP contribution in [0, 0.1) is 19.8 Å². The summed E-state index contributed by atoms with van der Waals surface area (Å²) in [4.78, 5) is 37.7. The number of aryl methyl sites for hydroxylation is 2. The van der Waals surface area contributed by atoms with E-state index in [-0.39, 0.29) is 58.9 Å². The molecule has 49 heavy (non-hydrogen) atoms. The number of hydrogen-bond donors (Lipinski definition) is 2. The summed E-state index contributed by atoms with van der Waals surface area (Å²) in [6.07, 6.45) is 0.595. The largest absolute Gasteiger partial charge is 0.475 e. The second-order valence-corrected chi connectivity index (χ2v) is 14.8. The summed E-state index contributed by atoms with van der Waals surface area (Å²) in [5, 5.41) is 2.79. The number of benzene rings is 3. The van der Waals surface area contributed by atoms with Crippen LogP contribution in [0.15, 0.2) is 83.8 Å². The average Bonchev–Trinajstić information content (AvgIpc) is 3.04. The summed E-state index contributed by atoms with van der Waals surface area (Å²) in [5.74, 6) is -0.0678. The van der Waals surface area contributed by atoms with Crippen LogP contribution < -0.4 is 14.8 Å². The summed E-state index contributed by atoms with van der Waals surface area (Å²) in [7, 11) is -4.18. The van der Waals surface area contributed by atoms with Crippen LogP contribution in [-0.2, 0) is 21.3 Å². The molecule has 1 aliphatic carbocycles. The highest BCUT2D eigenvalue weighted by molar-refractivity contribution is 7.92. The number of fused-ring (bicyclic) bond motifs is 4. The fraction of sp³-hybridized carbons (Fsp3) is 0.351. The lowest BCUT2D eigenvalue weighted by Gasteiger charge is -2.46. The number of aromatic nitrogens is 2. The normalized spacial score (nSPS) is 20.1. The molecule has 6 rings (SSSR count). The Morgan fingerprint density at radius 2 is 1.71 bits per heavy atom. The van der Waals surface area contributed by atoms with E-state index in [2.05, 4.69) is 33.9 Å². The molecule has 1 aromatic heterocycles. The first kappa shape index (κ1) is 33.9. The number of carbonyl (C=O) groups excluding carboxylic acids is 2. The van der Waals surface area contributed by atoms with E-state index in [1.54, 1.807) is 23.1 Å². The molecule has 4 aromatic rings. The minimum absolute atomic E-state index is 0.0913. The Morgan fingerprint density at radius 1 is 1.00 bits per heavy atom. The number of sulfonamides is 1. The molecule has 256 valence electrons. The number of alkyl carbamates (subject to hydrolysis) is 1. The van der Waals surface area contributed by atoms with E-state index in [0.29, 0.717) is 31.5 Å². The molecular weight excluding hydrogens is 643 g/mol. The lowest BCUT2D eigenvalue weighted by Crippen LogP contribution is -2.57. The van der Waals surface area contributed by atoms with Crippen molar-refractivity contribution >= 4 is 28.0 Å². The van der Waals surface area contributed by atoms with Crippen LogP contribution >= 0.6 is 0 Å². The van der Waals surface area contributed by atoms with Gasteiger partial charge in [0.2, 0.25) is 11.8 Å². The Kier molecular flexibility index (Phi) is 9.86. The quantitative estimate of drug-likeness (QED) is 0.233. The maximum atomic E-state index is 14.3. The molecule has 0 unspecified atom stereocenters. The predicted octanol–water partition coefficient (Wildman–Crippen LogP) is 6.27. The summed E-state index contributed by atoms with van der Waals surface area (Å²) in [6, 6.07) is 22.5. The Hall–Kier alpha value is -4.97. The topological polar surface area (TPSA) is 140 Å². The number of nitrogens with one attached hydrogen (secondary N) is 2. The fourth-order valence-corrected chi connectivity index (χ4v) is 7.45. The molecule has 2 amide bonds. The molecule has 0 spiro atoms. The van der Waals surface area contributed by atoms with Crippen molar-refractivity contribution in [3.63, 3.8) is 0 Å². The molecule has 3 aromatic carbocycles. The van der Waals surface area contributed by atoms with Gasteiger partial charge in [-0.05, 0) is 61.1 Å². The van der Waals surface area contributed by atoms with Gasteiger partial charge in [0.15, 0.2) is 0 Å². The molecule has 4 bridgehead atoms. The molecule has 0 saturated heterocycles. The number of carbonyl (C=O) groups is 2. The van der Waals surface area contributed by atoms with Crippen LogP contribution in [0.2, 0.25) is 0 Å². The third-order valence-electron chi connectivity index (χ3n) is 8.87. The third-order valence-corrected chi connectivity index (χ3v) is 10.2. The van der Waals surface area contributed by atoms with Crippen molar-refractivity contribution in [1.82, 2.24) is 20.2 Å². The van der Waals surface area contributed by atoms with Crippen LogP contribution in [0.25, 0.3) is 11.3 Å². The van der Waals surface area contributed by atoms with Gasteiger partial charge in [-0.3, -0.25) is 4.79 Å². The number of hydrogen-bond acceptors (Lipinski definition) is 8. The first-order valence-electron chi connectivity index (χ1n) is 16.5. The molecule has 1 aliphatic heterocycles. The van der Waals surface area contributed by atoms with Crippen molar-refractivity contribution in [3.05, 3.63) is 101 Å². The van der Waals surface area contributed by atoms with Crippen molar-refractivity contribution in [2.45, 2.75) is 76.6 Å². The first-order valence-corrected chi connectivity index (χ1v) is 18.0. The SMILES string of the molecule is Cc1cccc(C)c1-c1cc2nc(n1)NS(=O)(=O)c1cccc(c1)C(=O)N([C@H]1C[C@@H](OC(=O)NCc3ccccc3)C1)[C@H](CC(C)C)CO2. The number of rotatable bonds is 7. The van der Waals surface area contributed by atoms with Crippen molar-refractivity contribution < 1.29 is 27.5 Å². The van der Waals surface area contributed by atoms with Crippen molar-refractivity contribution in [2.75, 3.05) is 11.3 Å². The Labute approximate surface area is 287 Å². The Bertz CT molecular complexity index is 1930. The Morgan fingerprint density at radius 3 is 2.43 bits per heavy atom. The lowest BCUT2D eigenvalue weighted by atomic mass is 9.85. The smallest absolute Gasteiger partial charge is 0.407 e. The zero-order valence-electron chi connectivity index (χ0n) is 28.0. The predicted molar refractivity (Wildman–Crippen MR) is 186 cm³/mol. The van der Waals surface area contributed by atoms with Crippen LogP contribution in [0.3, 0.4) is 0 Å². The van der Waals surface area contributed by atoms with Gasteiger partial charge in [0.1, 0.15) is 12.7 Å². The maximum absolute atomic E-state index is 14.3. The highest BCUT2D eigenvalue weighted by Crippen LogP contribution is 2.34. The number of anilines is 1. The van der Waals surface area contributed by atoms with Crippen LogP contribution in [-0.4, -0.2) is 60.1 Å². The zero-order chi connectivity index (χ0) is 34.7. The van der Waals surface area contributed by atoms with Gasteiger partial charge in [-0.1, -0.05) is 68.4 Å². The molecule has 12 heteroatoms. The van der Waals surface area contributed by atoms with Gasteiger partial charge in [-0.2, -0.15) is 4.98 Å². The third kappa shape index (κ3) is 7.86. The molecule has 2 aliphatic rings. The summed E-state index contributed by atoms with van der Waals surface area (Å²) >= 11 is 0. The highest BCUT2D eigenvalue weighted by atomic mass is 32.2. The van der Waals surface area contributed by atoms with Gasteiger partial charge < -0.3 is 19.7 Å².